The van der Waals surface area contributed by atoms with E-state index in [1.807, 2.05) is 6.92 Å². The number of hydrogen-bond acceptors (Lipinski definition) is 0. The monoisotopic (exact) mass is 110 g/mol. The van der Waals surface area contributed by atoms with Crippen molar-refractivity contribution in [2.24, 2.45) is 5.41 Å². The lowest BCUT2D eigenvalue weighted by atomic mass is 9.76. The Morgan fingerprint density at radius 3 is 1.75 bits per heavy atom. The molecule has 1 unspecified atom stereocenters. The lowest BCUT2D eigenvalue weighted by Crippen LogP contribution is -2.07. The van der Waals surface area contributed by atoms with Crippen molar-refractivity contribution in [3.63, 3.8) is 0 Å². The van der Waals surface area contributed by atoms with Crippen LogP contribution >= 0.6 is 0 Å². The summed E-state index contributed by atoms with van der Waals surface area (Å²) >= 11 is 0. The Labute approximate surface area is 54.1 Å². The Bertz CT molecular complexity index is 59.3. The molecule has 0 fully saturated rings. The molecule has 0 N–H and O–H groups in total. The minimum atomic E-state index is 0.343. The van der Waals surface area contributed by atoms with Crippen LogP contribution in [0.2, 0.25) is 5.82 Å². The molecule has 0 aromatic rings. The fraction of sp³-hybridized carbons (Fsp3) is 1.00. The summed E-state index contributed by atoms with van der Waals surface area (Å²) in [6.07, 6.45) is 1.10. The van der Waals surface area contributed by atoms with E-state index in [0.717, 1.165) is 6.42 Å². The second-order valence-corrected chi connectivity index (χ2v) is 3.74. The number of hydrogen-bond donors (Lipinski definition) is 0. The van der Waals surface area contributed by atoms with Crippen LogP contribution in [0.25, 0.3) is 0 Å². The quantitative estimate of drug-likeness (QED) is 0.454. The highest BCUT2D eigenvalue weighted by atomic mass is 14.1. The van der Waals surface area contributed by atoms with Crippen molar-refractivity contribution in [1.82, 2.24) is 0 Å². The predicted octanol–water partition coefficient (Wildman–Crippen LogP) is 2.40. The molecule has 0 bridgehead atoms. The Balaban J connectivity index is 3.39. The van der Waals surface area contributed by atoms with Crippen LogP contribution in [0.1, 0.15) is 34.1 Å². The molecular formula is C7H15B. The van der Waals surface area contributed by atoms with Gasteiger partial charge >= 0.3 is 0 Å². The van der Waals surface area contributed by atoms with Crippen molar-refractivity contribution in [1.29, 1.82) is 0 Å². The van der Waals surface area contributed by atoms with Crippen molar-refractivity contribution in [2.75, 3.05) is 0 Å². The third-order valence-corrected chi connectivity index (χ3v) is 0.934. The van der Waals surface area contributed by atoms with Crippen molar-refractivity contribution in [3.05, 3.63) is 0 Å². The van der Waals surface area contributed by atoms with Gasteiger partial charge in [-0.3, -0.25) is 0 Å². The second-order valence-electron chi connectivity index (χ2n) is 3.74. The van der Waals surface area contributed by atoms with Gasteiger partial charge in [0.2, 0.25) is 0 Å². The van der Waals surface area contributed by atoms with Crippen LogP contribution in [-0.4, -0.2) is 7.85 Å². The summed E-state index contributed by atoms with van der Waals surface area (Å²) in [4.78, 5) is 0. The lowest BCUT2D eigenvalue weighted by molar-refractivity contribution is 0.373. The fourth-order valence-electron chi connectivity index (χ4n) is 0.966. The summed E-state index contributed by atoms with van der Waals surface area (Å²) in [5, 5.41) is 0. The van der Waals surface area contributed by atoms with Crippen LogP contribution in [0, 0.1) is 5.41 Å². The molecule has 1 atom stereocenters. The van der Waals surface area contributed by atoms with E-state index in [-0.39, 0.29) is 0 Å². The molecule has 0 nitrogen and oxygen atoms in total. The molecule has 1 heteroatoms. The van der Waals surface area contributed by atoms with Crippen LogP contribution < -0.4 is 0 Å². The summed E-state index contributed by atoms with van der Waals surface area (Å²) in [6, 6.07) is 0. The van der Waals surface area contributed by atoms with E-state index < -0.39 is 0 Å². The normalized spacial score (nSPS) is 16.0. The minimum Gasteiger partial charge on any atom is -0.0797 e. The molecule has 0 aliphatic carbocycles. The Hall–Kier alpha value is 0.0649. The van der Waals surface area contributed by atoms with Gasteiger partial charge in [0.05, 0.1) is 7.85 Å². The average Bonchev–Trinajstić information content (AvgIpc) is 1.21. The first kappa shape index (κ1) is 8.06. The predicted molar refractivity (Wildman–Crippen MR) is 39.2 cm³/mol. The standard InChI is InChI=1S/C7H15B/c1-6(8)5-7(2,3)4/h6H,5H2,1-4H3. The van der Waals surface area contributed by atoms with E-state index in [1.54, 1.807) is 0 Å². The zero-order valence-electron chi connectivity index (χ0n) is 6.36. The van der Waals surface area contributed by atoms with Gasteiger partial charge < -0.3 is 0 Å². The van der Waals surface area contributed by atoms with Gasteiger partial charge in [-0.15, -0.1) is 0 Å². The zero-order chi connectivity index (χ0) is 6.78. The number of rotatable bonds is 1. The van der Waals surface area contributed by atoms with Crippen LogP contribution in [0.4, 0.5) is 0 Å². The van der Waals surface area contributed by atoms with Crippen LogP contribution in [0.3, 0.4) is 0 Å². The molecule has 46 valence electrons. The maximum atomic E-state index is 5.58. The van der Waals surface area contributed by atoms with Crippen LogP contribution in [0.15, 0.2) is 0 Å². The maximum Gasteiger partial charge on any atom is 0.0696 e. The van der Waals surface area contributed by atoms with E-state index in [0.29, 0.717) is 11.2 Å². The molecule has 0 aromatic heterocycles. The fourth-order valence-corrected chi connectivity index (χ4v) is 0.966. The van der Waals surface area contributed by atoms with Crippen LogP contribution in [-0.2, 0) is 0 Å². The summed E-state index contributed by atoms with van der Waals surface area (Å²) in [5.74, 6) is 0.343. The zero-order valence-corrected chi connectivity index (χ0v) is 6.36. The molecule has 0 spiro atoms. The van der Waals surface area contributed by atoms with Crippen molar-refractivity contribution in [3.8, 4) is 0 Å². The topological polar surface area (TPSA) is 0 Å². The Morgan fingerprint density at radius 2 is 1.75 bits per heavy atom. The largest absolute Gasteiger partial charge is 0.0797 e. The summed E-state index contributed by atoms with van der Waals surface area (Å²) in [7, 11) is 5.58. The van der Waals surface area contributed by atoms with Gasteiger partial charge in [-0.1, -0.05) is 39.9 Å². The van der Waals surface area contributed by atoms with Crippen molar-refractivity contribution in [2.45, 2.75) is 39.9 Å². The summed E-state index contributed by atoms with van der Waals surface area (Å²) in [6.45, 7) is 8.66. The van der Waals surface area contributed by atoms with E-state index in [4.69, 9.17) is 7.85 Å². The molecule has 0 saturated carbocycles. The van der Waals surface area contributed by atoms with Gasteiger partial charge in [-0.05, 0) is 5.41 Å². The average molecular weight is 110 g/mol. The molecule has 0 aliphatic rings. The molecule has 0 aliphatic heterocycles. The molecule has 0 amide bonds. The molecule has 0 heterocycles. The highest BCUT2D eigenvalue weighted by Gasteiger charge is 2.10. The Kier molecular flexibility index (Phi) is 2.59. The SMILES string of the molecule is [B]C(C)CC(C)(C)C. The van der Waals surface area contributed by atoms with Gasteiger partial charge in [0.15, 0.2) is 0 Å². The van der Waals surface area contributed by atoms with Gasteiger partial charge in [0.25, 0.3) is 0 Å². The van der Waals surface area contributed by atoms with E-state index >= 15 is 0 Å². The van der Waals surface area contributed by atoms with E-state index in [1.165, 1.54) is 0 Å². The second kappa shape index (κ2) is 2.57. The molecule has 0 rings (SSSR count). The molecule has 8 heavy (non-hydrogen) atoms. The molecule has 0 saturated heterocycles. The van der Waals surface area contributed by atoms with Crippen molar-refractivity contribution >= 4 is 7.85 Å². The van der Waals surface area contributed by atoms with Gasteiger partial charge in [-0.2, -0.15) is 0 Å². The first-order valence-corrected chi connectivity index (χ1v) is 3.17. The lowest BCUT2D eigenvalue weighted by Gasteiger charge is -2.20. The smallest absolute Gasteiger partial charge is 0.0696 e. The van der Waals surface area contributed by atoms with E-state index in [2.05, 4.69) is 20.8 Å². The highest BCUT2D eigenvalue weighted by molar-refractivity contribution is 6.11. The van der Waals surface area contributed by atoms with E-state index in [9.17, 15) is 0 Å². The van der Waals surface area contributed by atoms with Gasteiger partial charge in [0, 0.05) is 0 Å². The third-order valence-electron chi connectivity index (χ3n) is 0.934. The van der Waals surface area contributed by atoms with Gasteiger partial charge in [-0.25, -0.2) is 0 Å². The Morgan fingerprint density at radius 1 is 1.38 bits per heavy atom. The maximum absolute atomic E-state index is 5.58. The summed E-state index contributed by atoms with van der Waals surface area (Å²) in [5.41, 5.74) is 0.397. The van der Waals surface area contributed by atoms with Crippen LogP contribution in [0.5, 0.6) is 0 Å². The van der Waals surface area contributed by atoms with Crippen molar-refractivity contribution < 1.29 is 0 Å². The molecule has 0 aromatic carbocycles. The molecular weight excluding hydrogens is 94.9 g/mol. The third kappa shape index (κ3) is 6.06. The first-order chi connectivity index (χ1) is 3.42. The molecule has 2 radical (unpaired) electrons. The highest BCUT2D eigenvalue weighted by Crippen LogP contribution is 2.24. The van der Waals surface area contributed by atoms with Gasteiger partial charge in [0.1, 0.15) is 0 Å². The first-order valence-electron chi connectivity index (χ1n) is 3.17. The summed E-state index contributed by atoms with van der Waals surface area (Å²) < 4.78 is 0. The minimum absolute atomic E-state index is 0.343.